The zero-order chi connectivity index (χ0) is 9.26. The van der Waals surface area contributed by atoms with Crippen molar-refractivity contribution in [3.05, 3.63) is 33.5 Å². The first-order valence-electron chi connectivity index (χ1n) is 3.55. The van der Waals surface area contributed by atoms with E-state index in [1.807, 2.05) is 10.8 Å². The maximum atomic E-state index is 11.6. The normalized spacial score (nSPS) is 10.2. The average molecular weight is 210 g/mol. The smallest absolute Gasteiger partial charge is 0.205 e. The molecule has 2 heterocycles. The zero-order valence-electron chi connectivity index (χ0n) is 6.56. The van der Waals surface area contributed by atoms with Gasteiger partial charge in [0.2, 0.25) is 5.78 Å². The van der Waals surface area contributed by atoms with Crippen LogP contribution in [-0.2, 0) is 0 Å². The molecule has 2 N–H and O–H groups in total. The molecule has 0 spiro atoms. The minimum absolute atomic E-state index is 0.00421. The van der Waals surface area contributed by atoms with Crippen molar-refractivity contribution in [3.8, 4) is 0 Å². The first-order chi connectivity index (χ1) is 6.27. The lowest BCUT2D eigenvalue weighted by atomic mass is 10.2. The Morgan fingerprint density at radius 1 is 1.54 bits per heavy atom. The summed E-state index contributed by atoms with van der Waals surface area (Å²) in [5.41, 5.74) is 6.13. The maximum absolute atomic E-state index is 11.6. The summed E-state index contributed by atoms with van der Waals surface area (Å²) in [5, 5.41) is 4.12. The molecule has 0 radical (unpaired) electrons. The second kappa shape index (κ2) is 3.27. The van der Waals surface area contributed by atoms with Crippen LogP contribution in [0.3, 0.4) is 0 Å². The number of ketones is 1. The molecule has 2 rings (SSSR count). The van der Waals surface area contributed by atoms with E-state index in [1.165, 1.54) is 28.9 Å². The van der Waals surface area contributed by atoms with Crippen LogP contribution in [0.2, 0.25) is 0 Å². The number of carbonyl (C=O) groups is 1. The molecule has 0 saturated carbocycles. The minimum Gasteiger partial charge on any atom is -0.375 e. The molecule has 0 bridgehead atoms. The standard InChI is InChI=1S/C8H6N2OS2/c9-8-10-3-6(13-8)7(11)5-1-2-12-4-5/h1-4H,(H2,9,10). The summed E-state index contributed by atoms with van der Waals surface area (Å²) in [6.45, 7) is 0. The highest BCUT2D eigenvalue weighted by atomic mass is 32.1. The molecule has 0 fully saturated rings. The van der Waals surface area contributed by atoms with Crippen molar-refractivity contribution in [2.24, 2.45) is 0 Å². The summed E-state index contributed by atoms with van der Waals surface area (Å²) in [6.07, 6.45) is 1.51. The van der Waals surface area contributed by atoms with E-state index in [2.05, 4.69) is 4.98 Å². The third-order valence-electron chi connectivity index (χ3n) is 1.53. The van der Waals surface area contributed by atoms with Crippen LogP contribution in [0, 0.1) is 0 Å². The summed E-state index contributed by atoms with van der Waals surface area (Å²) < 4.78 is 0. The molecule has 2 aromatic rings. The first-order valence-corrected chi connectivity index (χ1v) is 5.31. The molecule has 0 saturated heterocycles. The summed E-state index contributed by atoms with van der Waals surface area (Å²) in [6, 6.07) is 1.79. The van der Waals surface area contributed by atoms with Crippen LogP contribution in [0.1, 0.15) is 15.2 Å². The van der Waals surface area contributed by atoms with Crippen molar-refractivity contribution in [2.75, 3.05) is 5.73 Å². The van der Waals surface area contributed by atoms with Gasteiger partial charge in [-0.2, -0.15) is 11.3 Å². The van der Waals surface area contributed by atoms with E-state index < -0.39 is 0 Å². The summed E-state index contributed by atoms with van der Waals surface area (Å²) in [5.74, 6) is -0.00421. The third-order valence-corrected chi connectivity index (χ3v) is 3.04. The second-order valence-corrected chi connectivity index (χ2v) is 4.25. The van der Waals surface area contributed by atoms with E-state index in [4.69, 9.17) is 5.73 Å². The van der Waals surface area contributed by atoms with Crippen molar-refractivity contribution in [3.63, 3.8) is 0 Å². The average Bonchev–Trinajstić information content (AvgIpc) is 2.72. The van der Waals surface area contributed by atoms with Gasteiger partial charge in [-0.1, -0.05) is 11.3 Å². The van der Waals surface area contributed by atoms with Gasteiger partial charge < -0.3 is 5.73 Å². The molecule has 0 aliphatic carbocycles. The Labute approximate surface area is 82.9 Å². The summed E-state index contributed by atoms with van der Waals surface area (Å²) in [7, 11) is 0. The quantitative estimate of drug-likeness (QED) is 0.771. The van der Waals surface area contributed by atoms with E-state index in [9.17, 15) is 4.79 Å². The van der Waals surface area contributed by atoms with Gasteiger partial charge in [-0.15, -0.1) is 0 Å². The van der Waals surface area contributed by atoms with Crippen molar-refractivity contribution in [1.29, 1.82) is 0 Å². The van der Waals surface area contributed by atoms with Crippen molar-refractivity contribution < 1.29 is 4.79 Å². The fraction of sp³-hybridized carbons (Fsp3) is 0. The van der Waals surface area contributed by atoms with E-state index in [0.717, 1.165) is 0 Å². The Morgan fingerprint density at radius 2 is 2.38 bits per heavy atom. The Morgan fingerprint density at radius 3 is 2.92 bits per heavy atom. The summed E-state index contributed by atoms with van der Waals surface area (Å²) >= 11 is 2.72. The Kier molecular flexibility index (Phi) is 2.12. The molecule has 13 heavy (non-hydrogen) atoms. The van der Waals surface area contributed by atoms with E-state index in [-0.39, 0.29) is 5.78 Å². The van der Waals surface area contributed by atoms with Crippen molar-refractivity contribution in [1.82, 2.24) is 4.98 Å². The number of rotatable bonds is 2. The molecule has 5 heteroatoms. The van der Waals surface area contributed by atoms with Gasteiger partial charge in [-0.3, -0.25) is 4.79 Å². The number of nitrogen functional groups attached to an aromatic ring is 1. The number of nitrogens with two attached hydrogens (primary N) is 1. The van der Waals surface area contributed by atoms with Crippen LogP contribution in [0.15, 0.2) is 23.0 Å². The third kappa shape index (κ3) is 1.61. The first kappa shape index (κ1) is 8.40. The SMILES string of the molecule is Nc1ncc(C(=O)c2ccsc2)s1. The number of thiophene rings is 1. The van der Waals surface area contributed by atoms with E-state index in [1.54, 1.807) is 6.07 Å². The van der Waals surface area contributed by atoms with Gasteiger partial charge >= 0.3 is 0 Å². The summed E-state index contributed by atoms with van der Waals surface area (Å²) in [4.78, 5) is 16.1. The van der Waals surface area contributed by atoms with Crippen LogP contribution in [0.5, 0.6) is 0 Å². The zero-order valence-corrected chi connectivity index (χ0v) is 8.19. The molecule has 2 aromatic heterocycles. The van der Waals surface area contributed by atoms with Gasteiger partial charge in [0.15, 0.2) is 5.13 Å². The predicted molar refractivity (Wildman–Crippen MR) is 54.3 cm³/mol. The largest absolute Gasteiger partial charge is 0.375 e. The fourth-order valence-corrected chi connectivity index (χ4v) is 2.21. The fourth-order valence-electron chi connectivity index (χ4n) is 0.929. The number of carbonyl (C=O) groups excluding carboxylic acids is 1. The molecule has 0 unspecified atom stereocenters. The molecule has 0 aliphatic heterocycles. The highest BCUT2D eigenvalue weighted by Gasteiger charge is 2.11. The molecule has 3 nitrogen and oxygen atoms in total. The maximum Gasteiger partial charge on any atom is 0.205 e. The lowest BCUT2D eigenvalue weighted by molar-refractivity contribution is 0.104. The highest BCUT2D eigenvalue weighted by Crippen LogP contribution is 2.19. The number of aromatic nitrogens is 1. The van der Waals surface area contributed by atoms with Crippen LogP contribution >= 0.6 is 22.7 Å². The second-order valence-electron chi connectivity index (χ2n) is 2.40. The predicted octanol–water partition coefficient (Wildman–Crippen LogP) is 2.02. The van der Waals surface area contributed by atoms with Gasteiger partial charge in [-0.05, 0) is 11.4 Å². The van der Waals surface area contributed by atoms with E-state index in [0.29, 0.717) is 15.6 Å². The molecule has 0 amide bonds. The lowest BCUT2D eigenvalue weighted by Gasteiger charge is -1.89. The lowest BCUT2D eigenvalue weighted by Crippen LogP contribution is -1.95. The van der Waals surface area contributed by atoms with Crippen molar-refractivity contribution >= 4 is 33.6 Å². The Balaban J connectivity index is 2.33. The molecule has 66 valence electrons. The van der Waals surface area contributed by atoms with Crippen LogP contribution < -0.4 is 5.73 Å². The topological polar surface area (TPSA) is 56.0 Å². The molecular weight excluding hydrogens is 204 g/mol. The van der Waals surface area contributed by atoms with Gasteiger partial charge in [0.25, 0.3) is 0 Å². The van der Waals surface area contributed by atoms with Gasteiger partial charge in [0.05, 0.1) is 11.1 Å². The van der Waals surface area contributed by atoms with Gasteiger partial charge in [0, 0.05) is 10.9 Å². The minimum atomic E-state index is -0.00421. The highest BCUT2D eigenvalue weighted by molar-refractivity contribution is 7.17. The number of hydrogen-bond donors (Lipinski definition) is 1. The van der Waals surface area contributed by atoms with Crippen LogP contribution in [0.4, 0.5) is 5.13 Å². The molecular formula is C8H6N2OS2. The van der Waals surface area contributed by atoms with Gasteiger partial charge in [0.1, 0.15) is 0 Å². The molecule has 0 aromatic carbocycles. The molecule has 0 atom stereocenters. The van der Waals surface area contributed by atoms with Crippen LogP contribution in [0.25, 0.3) is 0 Å². The molecule has 0 aliphatic rings. The number of nitrogens with zero attached hydrogens (tertiary/aromatic N) is 1. The van der Waals surface area contributed by atoms with Crippen molar-refractivity contribution in [2.45, 2.75) is 0 Å². The van der Waals surface area contributed by atoms with E-state index >= 15 is 0 Å². The van der Waals surface area contributed by atoms with Crippen LogP contribution in [-0.4, -0.2) is 10.8 Å². The number of thiazole rings is 1. The monoisotopic (exact) mass is 210 g/mol. The number of hydrogen-bond acceptors (Lipinski definition) is 5. The number of anilines is 1. The Hall–Kier alpha value is -1.20. The van der Waals surface area contributed by atoms with Gasteiger partial charge in [-0.25, -0.2) is 4.98 Å². The Bertz CT molecular complexity index is 419.